The number of benzene rings is 1. The first kappa shape index (κ1) is 11.7. The van der Waals surface area contributed by atoms with Crippen molar-refractivity contribution in [3.63, 3.8) is 0 Å². The van der Waals surface area contributed by atoms with Crippen molar-refractivity contribution in [3.8, 4) is 11.4 Å². The molecule has 0 unspecified atom stereocenters. The number of hydrogen-bond acceptors (Lipinski definition) is 2. The van der Waals surface area contributed by atoms with Gasteiger partial charge in [0.2, 0.25) is 0 Å². The Bertz CT molecular complexity index is 502. The van der Waals surface area contributed by atoms with Crippen LogP contribution >= 0.6 is 0 Å². The lowest BCUT2D eigenvalue weighted by atomic mass is 10.1. The summed E-state index contributed by atoms with van der Waals surface area (Å²) in [5.74, 6) is 0.433. The molecule has 0 aliphatic heterocycles. The predicted octanol–water partition coefficient (Wildman–Crippen LogP) is 2.59. The molecule has 0 saturated heterocycles. The molecule has 0 radical (unpaired) electrons. The minimum absolute atomic E-state index is 0.187. The van der Waals surface area contributed by atoms with Gasteiger partial charge in [-0.05, 0) is 12.1 Å². The van der Waals surface area contributed by atoms with E-state index in [1.54, 1.807) is 0 Å². The molecule has 2 aromatic rings. The Hall–Kier alpha value is -1.82. The van der Waals surface area contributed by atoms with Crippen molar-refractivity contribution in [3.05, 3.63) is 41.7 Å². The molecule has 0 amide bonds. The first-order chi connectivity index (χ1) is 8.00. The number of nitrogens with zero attached hydrogens (tertiary/aromatic N) is 1. The number of hydrogen-bond donors (Lipinski definition) is 2. The minimum atomic E-state index is -4.34. The van der Waals surface area contributed by atoms with E-state index in [1.807, 2.05) is 0 Å². The number of aromatic nitrogens is 2. The summed E-state index contributed by atoms with van der Waals surface area (Å²) in [6.45, 7) is -0.187. The monoisotopic (exact) mass is 242 g/mol. The maximum absolute atomic E-state index is 12.3. The molecule has 1 aromatic heterocycles. The molecule has 0 fully saturated rings. The third kappa shape index (κ3) is 2.47. The van der Waals surface area contributed by atoms with Crippen LogP contribution in [0.1, 0.15) is 11.3 Å². The van der Waals surface area contributed by atoms with Crippen LogP contribution in [0.25, 0.3) is 11.4 Å². The highest BCUT2D eigenvalue weighted by molar-refractivity contribution is 5.55. The molecule has 6 heteroatoms. The van der Waals surface area contributed by atoms with E-state index in [2.05, 4.69) is 9.97 Å². The number of nitrogens with one attached hydrogen (secondary N) is 1. The fraction of sp³-hybridized carbons (Fsp3) is 0.182. The number of rotatable bonds is 2. The highest BCUT2D eigenvalue weighted by Crippen LogP contribution is 2.30. The van der Waals surface area contributed by atoms with E-state index in [0.29, 0.717) is 17.1 Å². The number of halogens is 3. The van der Waals surface area contributed by atoms with Gasteiger partial charge in [-0.3, -0.25) is 0 Å². The van der Waals surface area contributed by atoms with Crippen LogP contribution in [0.5, 0.6) is 0 Å². The molecule has 17 heavy (non-hydrogen) atoms. The summed E-state index contributed by atoms with van der Waals surface area (Å²) in [6.07, 6.45) is -2.90. The molecule has 0 aliphatic rings. The molecule has 0 atom stereocenters. The Balaban J connectivity index is 2.29. The van der Waals surface area contributed by atoms with Gasteiger partial charge in [-0.1, -0.05) is 12.1 Å². The third-order valence-corrected chi connectivity index (χ3v) is 2.28. The number of imidazole rings is 1. The van der Waals surface area contributed by atoms with Crippen LogP contribution < -0.4 is 0 Å². The second-order valence-electron chi connectivity index (χ2n) is 3.49. The fourth-order valence-corrected chi connectivity index (χ4v) is 1.40. The lowest BCUT2D eigenvalue weighted by molar-refractivity contribution is -0.137. The van der Waals surface area contributed by atoms with Gasteiger partial charge in [-0.25, -0.2) is 4.98 Å². The molecule has 3 nitrogen and oxygen atoms in total. The minimum Gasteiger partial charge on any atom is -0.390 e. The molecule has 1 aromatic carbocycles. The van der Waals surface area contributed by atoms with Crippen molar-refractivity contribution >= 4 is 0 Å². The topological polar surface area (TPSA) is 48.9 Å². The van der Waals surface area contributed by atoms with Crippen LogP contribution in [0.15, 0.2) is 30.5 Å². The predicted molar refractivity (Wildman–Crippen MR) is 54.9 cm³/mol. The van der Waals surface area contributed by atoms with Gasteiger partial charge in [0.05, 0.1) is 24.1 Å². The summed E-state index contributed by atoms with van der Waals surface area (Å²) in [4.78, 5) is 6.75. The molecule has 90 valence electrons. The summed E-state index contributed by atoms with van der Waals surface area (Å²) in [5, 5.41) is 8.83. The van der Waals surface area contributed by atoms with Crippen LogP contribution in [-0.4, -0.2) is 15.1 Å². The quantitative estimate of drug-likeness (QED) is 0.850. The second-order valence-corrected chi connectivity index (χ2v) is 3.49. The smallest absolute Gasteiger partial charge is 0.390 e. The summed E-state index contributed by atoms with van der Waals surface area (Å²) < 4.78 is 37.0. The Kier molecular flexibility index (Phi) is 2.89. The molecule has 2 N–H and O–H groups in total. The highest BCUT2D eigenvalue weighted by Gasteiger charge is 2.30. The van der Waals surface area contributed by atoms with Crippen molar-refractivity contribution in [1.29, 1.82) is 0 Å². The van der Waals surface area contributed by atoms with Gasteiger partial charge in [0.15, 0.2) is 0 Å². The van der Waals surface area contributed by atoms with Gasteiger partial charge in [-0.2, -0.15) is 13.2 Å². The molecule has 0 bridgehead atoms. The maximum Gasteiger partial charge on any atom is 0.416 e. The van der Waals surface area contributed by atoms with Crippen LogP contribution in [0.3, 0.4) is 0 Å². The first-order valence-corrected chi connectivity index (χ1v) is 4.83. The fourth-order valence-electron chi connectivity index (χ4n) is 1.40. The lowest BCUT2D eigenvalue weighted by Crippen LogP contribution is -2.04. The van der Waals surface area contributed by atoms with Crippen LogP contribution in [-0.2, 0) is 12.8 Å². The zero-order chi connectivity index (χ0) is 12.5. The van der Waals surface area contributed by atoms with Crippen LogP contribution in [0.2, 0.25) is 0 Å². The van der Waals surface area contributed by atoms with E-state index in [4.69, 9.17) is 5.11 Å². The highest BCUT2D eigenvalue weighted by atomic mass is 19.4. The van der Waals surface area contributed by atoms with Crippen molar-refractivity contribution in [1.82, 2.24) is 9.97 Å². The summed E-state index contributed by atoms with van der Waals surface area (Å²) in [6, 6.07) is 4.67. The van der Waals surface area contributed by atoms with E-state index in [-0.39, 0.29) is 6.61 Å². The Morgan fingerprint density at radius 3 is 2.29 bits per heavy atom. The Morgan fingerprint density at radius 2 is 1.82 bits per heavy atom. The van der Waals surface area contributed by atoms with Crippen molar-refractivity contribution in [2.45, 2.75) is 12.8 Å². The van der Waals surface area contributed by atoms with Crippen LogP contribution in [0.4, 0.5) is 13.2 Å². The van der Waals surface area contributed by atoms with Gasteiger partial charge in [0, 0.05) is 5.56 Å². The largest absolute Gasteiger partial charge is 0.416 e. The molecule has 1 heterocycles. The van der Waals surface area contributed by atoms with Gasteiger partial charge < -0.3 is 10.1 Å². The normalized spacial score (nSPS) is 11.8. The Morgan fingerprint density at radius 1 is 1.18 bits per heavy atom. The van der Waals surface area contributed by atoms with E-state index < -0.39 is 11.7 Å². The number of H-pyrrole nitrogens is 1. The van der Waals surface area contributed by atoms with E-state index in [0.717, 1.165) is 12.1 Å². The van der Waals surface area contributed by atoms with Gasteiger partial charge in [0.25, 0.3) is 0 Å². The van der Waals surface area contributed by atoms with E-state index in [1.165, 1.54) is 18.3 Å². The Labute approximate surface area is 94.9 Å². The van der Waals surface area contributed by atoms with E-state index in [9.17, 15) is 13.2 Å². The van der Waals surface area contributed by atoms with Crippen molar-refractivity contribution in [2.24, 2.45) is 0 Å². The number of aliphatic hydroxyl groups is 1. The van der Waals surface area contributed by atoms with Crippen molar-refractivity contribution in [2.75, 3.05) is 0 Å². The standard InChI is InChI=1S/C11H9F3N2O/c12-11(13,14)8-3-1-7(2-4-8)10-15-5-9(6-17)16-10/h1-5,17H,6H2,(H,15,16). The summed E-state index contributed by atoms with van der Waals surface area (Å²) >= 11 is 0. The number of alkyl halides is 3. The summed E-state index contributed by atoms with van der Waals surface area (Å²) in [5.41, 5.74) is 0.354. The molecule has 0 aliphatic carbocycles. The lowest BCUT2D eigenvalue weighted by Gasteiger charge is -2.06. The molecular formula is C11H9F3N2O. The summed E-state index contributed by atoms with van der Waals surface area (Å²) in [7, 11) is 0. The second kappa shape index (κ2) is 4.21. The zero-order valence-corrected chi connectivity index (χ0v) is 8.62. The van der Waals surface area contributed by atoms with Crippen LogP contribution in [0, 0.1) is 0 Å². The SMILES string of the molecule is OCc1cnc(-c2ccc(C(F)(F)F)cc2)[nH]1. The van der Waals surface area contributed by atoms with Gasteiger partial charge >= 0.3 is 6.18 Å². The molecular weight excluding hydrogens is 233 g/mol. The first-order valence-electron chi connectivity index (χ1n) is 4.83. The van der Waals surface area contributed by atoms with E-state index >= 15 is 0 Å². The van der Waals surface area contributed by atoms with Gasteiger partial charge in [0.1, 0.15) is 5.82 Å². The zero-order valence-electron chi connectivity index (χ0n) is 8.62. The average Bonchev–Trinajstić information content (AvgIpc) is 2.76. The molecule has 0 saturated carbocycles. The van der Waals surface area contributed by atoms with Crippen molar-refractivity contribution < 1.29 is 18.3 Å². The molecule has 0 spiro atoms. The number of aromatic amines is 1. The maximum atomic E-state index is 12.3. The van der Waals surface area contributed by atoms with Gasteiger partial charge in [-0.15, -0.1) is 0 Å². The third-order valence-electron chi connectivity index (χ3n) is 2.28. The number of aliphatic hydroxyl groups excluding tert-OH is 1. The average molecular weight is 242 g/mol. The molecule has 2 rings (SSSR count).